The van der Waals surface area contributed by atoms with E-state index in [4.69, 9.17) is 0 Å². The summed E-state index contributed by atoms with van der Waals surface area (Å²) < 4.78 is 0. The molecule has 2 aliphatic carbocycles. The fraction of sp³-hybridized carbons (Fsp3) is 0.846. The summed E-state index contributed by atoms with van der Waals surface area (Å²) in [6.07, 6.45) is 11.2. The summed E-state index contributed by atoms with van der Waals surface area (Å²) in [6.45, 7) is 4.61. The first-order chi connectivity index (χ1) is 6.31. The van der Waals surface area contributed by atoms with Gasteiger partial charge < -0.3 is 0 Å². The highest BCUT2D eigenvalue weighted by molar-refractivity contribution is 5.16. The molecule has 0 aromatic heterocycles. The zero-order valence-corrected chi connectivity index (χ0v) is 9.05. The van der Waals surface area contributed by atoms with Crippen LogP contribution in [0.4, 0.5) is 0 Å². The van der Waals surface area contributed by atoms with E-state index in [9.17, 15) is 0 Å². The van der Waals surface area contributed by atoms with Gasteiger partial charge in [-0.25, -0.2) is 0 Å². The van der Waals surface area contributed by atoms with Gasteiger partial charge >= 0.3 is 0 Å². The molecule has 0 bridgehead atoms. The van der Waals surface area contributed by atoms with Crippen molar-refractivity contribution in [1.29, 1.82) is 0 Å². The molecular formula is C13H22. The van der Waals surface area contributed by atoms with E-state index in [1.54, 1.807) is 5.57 Å². The van der Waals surface area contributed by atoms with Crippen molar-refractivity contribution in [3.05, 3.63) is 11.6 Å². The fourth-order valence-electron chi connectivity index (χ4n) is 2.88. The summed E-state index contributed by atoms with van der Waals surface area (Å²) >= 11 is 0. The summed E-state index contributed by atoms with van der Waals surface area (Å²) in [6, 6.07) is 0. The van der Waals surface area contributed by atoms with Crippen LogP contribution in [0.1, 0.15) is 52.4 Å². The quantitative estimate of drug-likeness (QED) is 0.567. The van der Waals surface area contributed by atoms with Gasteiger partial charge in [0, 0.05) is 0 Å². The topological polar surface area (TPSA) is 0 Å². The normalized spacial score (nSPS) is 37.7. The first-order valence-corrected chi connectivity index (χ1v) is 6.01. The van der Waals surface area contributed by atoms with E-state index in [0.717, 1.165) is 17.8 Å². The average Bonchev–Trinajstić information content (AvgIpc) is 1.99. The summed E-state index contributed by atoms with van der Waals surface area (Å²) in [5.41, 5.74) is 1.70. The van der Waals surface area contributed by atoms with Gasteiger partial charge in [0.05, 0.1) is 0 Å². The van der Waals surface area contributed by atoms with E-state index in [0.29, 0.717) is 0 Å². The largest absolute Gasteiger partial charge is 0.0819 e. The molecule has 0 aromatic rings. The molecule has 0 nitrogen and oxygen atoms in total. The second-order valence-electron chi connectivity index (χ2n) is 4.99. The molecule has 2 aliphatic rings. The second-order valence-corrected chi connectivity index (χ2v) is 4.99. The van der Waals surface area contributed by atoms with Crippen molar-refractivity contribution >= 4 is 0 Å². The molecule has 0 aliphatic heterocycles. The van der Waals surface area contributed by atoms with Crippen LogP contribution in [0.3, 0.4) is 0 Å². The first-order valence-electron chi connectivity index (χ1n) is 6.01. The van der Waals surface area contributed by atoms with Gasteiger partial charge in [-0.15, -0.1) is 0 Å². The van der Waals surface area contributed by atoms with Gasteiger partial charge in [0.25, 0.3) is 0 Å². The van der Waals surface area contributed by atoms with Crippen molar-refractivity contribution < 1.29 is 0 Å². The van der Waals surface area contributed by atoms with Crippen molar-refractivity contribution in [1.82, 2.24) is 0 Å². The highest BCUT2D eigenvalue weighted by Crippen LogP contribution is 2.43. The zero-order chi connectivity index (χ0) is 9.26. The number of allylic oxidation sites excluding steroid dienone is 2. The lowest BCUT2D eigenvalue weighted by Crippen LogP contribution is -2.26. The van der Waals surface area contributed by atoms with Crippen LogP contribution >= 0.6 is 0 Å². The van der Waals surface area contributed by atoms with E-state index in [2.05, 4.69) is 19.9 Å². The molecule has 0 heterocycles. The molecule has 0 saturated heterocycles. The minimum Gasteiger partial charge on any atom is -0.0819 e. The second kappa shape index (κ2) is 3.86. The summed E-state index contributed by atoms with van der Waals surface area (Å²) in [4.78, 5) is 0. The van der Waals surface area contributed by atoms with Gasteiger partial charge in [-0.1, -0.05) is 31.9 Å². The molecule has 1 fully saturated rings. The molecular weight excluding hydrogens is 156 g/mol. The van der Waals surface area contributed by atoms with Crippen LogP contribution in [0.15, 0.2) is 11.6 Å². The highest BCUT2D eigenvalue weighted by atomic mass is 14.4. The lowest BCUT2D eigenvalue weighted by atomic mass is 9.67. The van der Waals surface area contributed by atoms with Crippen molar-refractivity contribution in [3.63, 3.8) is 0 Å². The van der Waals surface area contributed by atoms with Crippen LogP contribution in [0.2, 0.25) is 0 Å². The molecule has 1 atom stereocenters. The van der Waals surface area contributed by atoms with E-state index in [1.165, 1.54) is 38.5 Å². The Morgan fingerprint density at radius 3 is 2.46 bits per heavy atom. The van der Waals surface area contributed by atoms with Gasteiger partial charge in [-0.05, 0) is 49.9 Å². The fourth-order valence-corrected chi connectivity index (χ4v) is 2.88. The maximum Gasteiger partial charge on any atom is -0.0191 e. The number of rotatable bonds is 4. The average molecular weight is 178 g/mol. The van der Waals surface area contributed by atoms with Crippen LogP contribution in [0, 0.1) is 17.8 Å². The minimum atomic E-state index is 0.970. The van der Waals surface area contributed by atoms with Gasteiger partial charge in [-0.3, -0.25) is 0 Å². The van der Waals surface area contributed by atoms with E-state index >= 15 is 0 Å². The molecule has 1 saturated carbocycles. The van der Waals surface area contributed by atoms with Crippen LogP contribution in [-0.4, -0.2) is 0 Å². The van der Waals surface area contributed by atoms with Gasteiger partial charge in [0.1, 0.15) is 0 Å². The van der Waals surface area contributed by atoms with Crippen LogP contribution in [-0.2, 0) is 0 Å². The monoisotopic (exact) mass is 178 g/mol. The van der Waals surface area contributed by atoms with E-state index in [1.807, 2.05) is 0 Å². The Hall–Kier alpha value is -0.260. The third kappa shape index (κ3) is 1.98. The first kappa shape index (κ1) is 9.30. The minimum absolute atomic E-state index is 0.970. The van der Waals surface area contributed by atoms with Crippen LogP contribution in [0.5, 0.6) is 0 Å². The Morgan fingerprint density at radius 2 is 1.92 bits per heavy atom. The number of hydrogen-bond acceptors (Lipinski definition) is 0. The predicted molar refractivity (Wildman–Crippen MR) is 57.6 cm³/mol. The van der Waals surface area contributed by atoms with Crippen LogP contribution < -0.4 is 0 Å². The molecule has 0 heteroatoms. The Morgan fingerprint density at radius 1 is 1.23 bits per heavy atom. The van der Waals surface area contributed by atoms with Gasteiger partial charge in [-0.2, -0.15) is 0 Å². The van der Waals surface area contributed by atoms with Gasteiger partial charge in [0.2, 0.25) is 0 Å². The number of hydrogen-bond donors (Lipinski definition) is 0. The van der Waals surface area contributed by atoms with Crippen molar-refractivity contribution in [2.75, 3.05) is 0 Å². The molecule has 0 radical (unpaired) electrons. The van der Waals surface area contributed by atoms with E-state index < -0.39 is 0 Å². The van der Waals surface area contributed by atoms with Crippen LogP contribution in [0.25, 0.3) is 0 Å². The summed E-state index contributed by atoms with van der Waals surface area (Å²) in [5.74, 6) is 3.14. The SMILES string of the molecule is CCC1=CC(CC2CC(CC)C2)C1. The van der Waals surface area contributed by atoms with Crippen molar-refractivity contribution in [2.24, 2.45) is 17.8 Å². The zero-order valence-electron chi connectivity index (χ0n) is 9.05. The van der Waals surface area contributed by atoms with Crippen molar-refractivity contribution in [3.8, 4) is 0 Å². The Kier molecular flexibility index (Phi) is 2.76. The molecule has 0 spiro atoms. The molecule has 1 unspecified atom stereocenters. The maximum atomic E-state index is 2.53. The van der Waals surface area contributed by atoms with Crippen molar-refractivity contribution in [2.45, 2.75) is 52.4 Å². The van der Waals surface area contributed by atoms with Gasteiger partial charge in [0.15, 0.2) is 0 Å². The smallest absolute Gasteiger partial charge is 0.0191 e. The lowest BCUT2D eigenvalue weighted by Gasteiger charge is -2.38. The molecule has 2 rings (SSSR count). The third-order valence-electron chi connectivity index (χ3n) is 4.00. The third-order valence-corrected chi connectivity index (χ3v) is 4.00. The molecule has 0 aromatic carbocycles. The Balaban J connectivity index is 1.63. The predicted octanol–water partition coefficient (Wildman–Crippen LogP) is 4.17. The maximum absolute atomic E-state index is 2.53. The van der Waals surface area contributed by atoms with E-state index in [-0.39, 0.29) is 0 Å². The summed E-state index contributed by atoms with van der Waals surface area (Å²) in [5, 5.41) is 0. The Labute approximate surface area is 82.4 Å². The molecule has 13 heavy (non-hydrogen) atoms. The molecule has 0 N–H and O–H groups in total. The summed E-state index contributed by atoms with van der Waals surface area (Å²) in [7, 11) is 0. The highest BCUT2D eigenvalue weighted by Gasteiger charge is 2.30. The Bertz CT molecular complexity index is 196. The lowest BCUT2D eigenvalue weighted by molar-refractivity contribution is 0.158. The standard InChI is InChI=1S/C13H22/c1-3-10-5-12(6-10)9-13-7-11(4-2)8-13/h5,11-13H,3-4,6-9H2,1-2H3. The molecule has 0 amide bonds. The molecule has 74 valence electrons.